The maximum Gasteiger partial charge on any atom is 0.573 e. The maximum atomic E-state index is 13.7. The van der Waals surface area contributed by atoms with E-state index in [0.29, 0.717) is 12.3 Å². The normalized spacial score (nSPS) is 22.1. The minimum absolute atomic E-state index is 0.650. The monoisotopic (exact) mass is 332 g/mol. The molecule has 0 saturated heterocycles. The molecule has 23 heavy (non-hydrogen) atoms. The fourth-order valence-corrected chi connectivity index (χ4v) is 3.50. The molecule has 0 N–H and O–H groups in total. The van der Waals surface area contributed by atoms with Crippen LogP contribution in [0.4, 0.5) is 17.6 Å². The molecular weight excluding hydrogens is 308 g/mol. The van der Waals surface area contributed by atoms with Gasteiger partial charge in [-0.3, -0.25) is 0 Å². The predicted octanol–water partition coefficient (Wildman–Crippen LogP) is 6.26. The van der Waals surface area contributed by atoms with Gasteiger partial charge in [0.2, 0.25) is 0 Å². The minimum Gasteiger partial charge on any atom is -0.403 e. The van der Waals surface area contributed by atoms with Gasteiger partial charge in [0.1, 0.15) is 0 Å². The Bertz CT molecular complexity index is 490. The van der Waals surface area contributed by atoms with E-state index in [-0.39, 0.29) is 0 Å². The summed E-state index contributed by atoms with van der Waals surface area (Å²) in [5, 5.41) is 0. The highest BCUT2D eigenvalue weighted by Gasteiger charge is 2.32. The number of benzene rings is 1. The van der Waals surface area contributed by atoms with Gasteiger partial charge in [-0.1, -0.05) is 51.5 Å². The summed E-state index contributed by atoms with van der Waals surface area (Å²) in [5.74, 6) is -0.211. The van der Waals surface area contributed by atoms with Crippen molar-refractivity contribution in [2.45, 2.75) is 64.7 Å². The lowest BCUT2D eigenvalue weighted by molar-refractivity contribution is -0.275. The lowest BCUT2D eigenvalue weighted by Crippen LogP contribution is -2.18. The number of alkyl halides is 3. The second-order valence-corrected chi connectivity index (χ2v) is 6.53. The van der Waals surface area contributed by atoms with Crippen molar-refractivity contribution in [1.82, 2.24) is 0 Å². The van der Waals surface area contributed by atoms with Crippen LogP contribution in [0.3, 0.4) is 0 Å². The fraction of sp³-hybridized carbons (Fsp3) is 0.667. The Morgan fingerprint density at radius 3 is 2.17 bits per heavy atom. The van der Waals surface area contributed by atoms with Crippen LogP contribution in [0, 0.1) is 17.7 Å². The molecule has 0 bridgehead atoms. The van der Waals surface area contributed by atoms with E-state index in [2.05, 4.69) is 11.7 Å². The molecule has 0 radical (unpaired) electrons. The van der Waals surface area contributed by atoms with Gasteiger partial charge in [-0.2, -0.15) is 0 Å². The molecule has 0 heterocycles. The molecule has 0 amide bonds. The van der Waals surface area contributed by atoms with Crippen molar-refractivity contribution in [2.24, 2.45) is 11.8 Å². The van der Waals surface area contributed by atoms with Crippen molar-refractivity contribution >= 4 is 0 Å². The molecule has 130 valence electrons. The number of rotatable bonds is 6. The van der Waals surface area contributed by atoms with E-state index in [0.717, 1.165) is 30.0 Å². The first-order valence-electron chi connectivity index (χ1n) is 8.41. The third-order valence-corrected chi connectivity index (χ3v) is 4.73. The van der Waals surface area contributed by atoms with Crippen LogP contribution in [-0.2, 0) is 6.42 Å². The summed E-state index contributed by atoms with van der Waals surface area (Å²) in [6.45, 7) is 2.22. The lowest BCUT2D eigenvalue weighted by atomic mass is 9.78. The average Bonchev–Trinajstić information content (AvgIpc) is 2.48. The first kappa shape index (κ1) is 18.1. The Labute approximate surface area is 135 Å². The maximum absolute atomic E-state index is 13.7. The highest BCUT2D eigenvalue weighted by Crippen LogP contribution is 2.34. The summed E-state index contributed by atoms with van der Waals surface area (Å²) >= 11 is 0. The van der Waals surface area contributed by atoms with Crippen LogP contribution in [0.15, 0.2) is 18.2 Å². The largest absolute Gasteiger partial charge is 0.573 e. The molecule has 1 fully saturated rings. The highest BCUT2D eigenvalue weighted by molar-refractivity contribution is 5.29. The summed E-state index contributed by atoms with van der Waals surface area (Å²) in [7, 11) is 0. The Morgan fingerprint density at radius 2 is 1.65 bits per heavy atom. The summed E-state index contributed by atoms with van der Waals surface area (Å²) in [5.41, 5.74) is 0.729. The van der Waals surface area contributed by atoms with Crippen molar-refractivity contribution < 1.29 is 22.3 Å². The zero-order valence-electron chi connectivity index (χ0n) is 13.5. The van der Waals surface area contributed by atoms with E-state index in [1.807, 2.05) is 0 Å². The van der Waals surface area contributed by atoms with Gasteiger partial charge in [-0.25, -0.2) is 4.39 Å². The predicted molar refractivity (Wildman–Crippen MR) is 81.8 cm³/mol. The molecule has 1 saturated carbocycles. The van der Waals surface area contributed by atoms with Gasteiger partial charge in [0.15, 0.2) is 11.6 Å². The SMILES string of the molecule is CCCC1CCC(CCc2ccc(OC(F)(F)F)c(F)c2)CC1. The summed E-state index contributed by atoms with van der Waals surface area (Å²) in [6, 6.07) is 3.74. The molecule has 1 aliphatic rings. The average molecular weight is 332 g/mol. The van der Waals surface area contributed by atoms with Crippen LogP contribution in [0.1, 0.15) is 57.4 Å². The minimum atomic E-state index is -4.86. The van der Waals surface area contributed by atoms with Gasteiger partial charge in [-0.05, 0) is 42.4 Å². The van der Waals surface area contributed by atoms with Crippen LogP contribution in [-0.4, -0.2) is 6.36 Å². The van der Waals surface area contributed by atoms with E-state index < -0.39 is 17.9 Å². The Kier molecular flexibility index (Phi) is 6.31. The molecule has 0 atom stereocenters. The lowest BCUT2D eigenvalue weighted by Gasteiger charge is -2.28. The third-order valence-electron chi connectivity index (χ3n) is 4.73. The Balaban J connectivity index is 1.81. The number of hydrogen-bond acceptors (Lipinski definition) is 1. The quantitative estimate of drug-likeness (QED) is 0.558. The van der Waals surface area contributed by atoms with Gasteiger partial charge >= 0.3 is 6.36 Å². The zero-order valence-corrected chi connectivity index (χ0v) is 13.5. The van der Waals surface area contributed by atoms with Gasteiger partial charge < -0.3 is 4.74 Å². The molecule has 0 spiro atoms. The Hall–Kier alpha value is -1.26. The molecule has 0 aromatic heterocycles. The molecule has 1 nitrogen and oxygen atoms in total. The van der Waals surface area contributed by atoms with Gasteiger partial charge in [0.05, 0.1) is 0 Å². The Morgan fingerprint density at radius 1 is 1.04 bits per heavy atom. The van der Waals surface area contributed by atoms with E-state index in [1.54, 1.807) is 0 Å². The van der Waals surface area contributed by atoms with Gasteiger partial charge in [0, 0.05) is 0 Å². The standard InChI is InChI=1S/C18H24F4O/c1-2-3-13-4-6-14(7-5-13)8-9-15-10-11-17(16(19)12-15)23-18(20,21)22/h10-14H,2-9H2,1H3. The molecule has 1 aromatic rings. The van der Waals surface area contributed by atoms with Crippen molar-refractivity contribution in [2.75, 3.05) is 0 Å². The molecule has 2 rings (SSSR count). The molecule has 1 aliphatic carbocycles. The van der Waals surface area contributed by atoms with E-state index in [9.17, 15) is 17.6 Å². The van der Waals surface area contributed by atoms with Gasteiger partial charge in [0.25, 0.3) is 0 Å². The number of halogens is 4. The van der Waals surface area contributed by atoms with Crippen molar-refractivity contribution in [1.29, 1.82) is 0 Å². The van der Waals surface area contributed by atoms with Crippen molar-refractivity contribution in [3.8, 4) is 5.75 Å². The first-order chi connectivity index (χ1) is 10.9. The second-order valence-electron chi connectivity index (χ2n) is 6.53. The number of aryl methyl sites for hydroxylation is 1. The van der Waals surface area contributed by atoms with Gasteiger partial charge in [-0.15, -0.1) is 13.2 Å². The smallest absolute Gasteiger partial charge is 0.403 e. The van der Waals surface area contributed by atoms with Crippen molar-refractivity contribution in [3.05, 3.63) is 29.6 Å². The van der Waals surface area contributed by atoms with Crippen LogP contribution in [0.25, 0.3) is 0 Å². The molecule has 5 heteroatoms. The van der Waals surface area contributed by atoms with Crippen molar-refractivity contribution in [3.63, 3.8) is 0 Å². The van der Waals surface area contributed by atoms with E-state index in [4.69, 9.17) is 0 Å². The van der Waals surface area contributed by atoms with Crippen LogP contribution < -0.4 is 4.74 Å². The van der Waals surface area contributed by atoms with E-state index in [1.165, 1.54) is 44.6 Å². The molecule has 0 unspecified atom stereocenters. The molecular formula is C18H24F4O. The third kappa shape index (κ3) is 6.04. The number of ether oxygens (including phenoxy) is 1. The zero-order chi connectivity index (χ0) is 16.9. The summed E-state index contributed by atoms with van der Waals surface area (Å²) < 4.78 is 53.6. The summed E-state index contributed by atoms with van der Waals surface area (Å²) in [4.78, 5) is 0. The van der Waals surface area contributed by atoms with E-state index >= 15 is 0 Å². The van der Waals surface area contributed by atoms with Crippen LogP contribution >= 0.6 is 0 Å². The van der Waals surface area contributed by atoms with Crippen LogP contribution in [0.2, 0.25) is 0 Å². The molecule has 1 aromatic carbocycles. The second kappa shape index (κ2) is 8.02. The summed E-state index contributed by atoms with van der Waals surface area (Å²) in [6.07, 6.45) is 4.31. The molecule has 0 aliphatic heterocycles. The first-order valence-corrected chi connectivity index (χ1v) is 8.41. The highest BCUT2D eigenvalue weighted by atomic mass is 19.4. The topological polar surface area (TPSA) is 9.23 Å². The number of hydrogen-bond donors (Lipinski definition) is 0. The fourth-order valence-electron chi connectivity index (χ4n) is 3.50. The van der Waals surface area contributed by atoms with Crippen LogP contribution in [0.5, 0.6) is 5.75 Å².